The summed E-state index contributed by atoms with van der Waals surface area (Å²) in [5, 5.41) is 9.80. The zero-order chi connectivity index (χ0) is 14.5. The Morgan fingerprint density at radius 1 is 1.26 bits per heavy atom. The van der Waals surface area contributed by atoms with Crippen molar-refractivity contribution < 1.29 is 17.9 Å². The van der Waals surface area contributed by atoms with Gasteiger partial charge in [-0.1, -0.05) is 26.0 Å². The summed E-state index contributed by atoms with van der Waals surface area (Å²) in [5.74, 6) is -0.0482. The van der Waals surface area contributed by atoms with E-state index in [0.29, 0.717) is 17.9 Å². The molecule has 0 radical (unpaired) electrons. The summed E-state index contributed by atoms with van der Waals surface area (Å²) < 4.78 is 38.3. The fraction of sp³-hybridized carbons (Fsp3) is 0.538. The molecule has 2 N–H and O–H groups in total. The summed E-state index contributed by atoms with van der Waals surface area (Å²) in [5.41, 5.74) is 0.480. The largest absolute Gasteiger partial charge is 0.387 e. The van der Waals surface area contributed by atoms with Crippen LogP contribution < -0.4 is 4.72 Å². The fourth-order valence-corrected chi connectivity index (χ4v) is 2.81. The molecule has 4 nitrogen and oxygen atoms in total. The Hall–Kier alpha value is -0.980. The Labute approximate surface area is 113 Å². The van der Waals surface area contributed by atoms with E-state index in [-0.39, 0.29) is 12.3 Å². The summed E-state index contributed by atoms with van der Waals surface area (Å²) >= 11 is 0. The molecule has 0 saturated carbocycles. The molecule has 1 rings (SSSR count). The Balaban J connectivity index is 2.49. The topological polar surface area (TPSA) is 66.4 Å². The Morgan fingerprint density at radius 2 is 1.84 bits per heavy atom. The molecule has 19 heavy (non-hydrogen) atoms. The lowest BCUT2D eigenvalue weighted by atomic mass is 10.1. The molecule has 0 aliphatic heterocycles. The third-order valence-electron chi connectivity index (χ3n) is 2.72. The minimum Gasteiger partial charge on any atom is -0.387 e. The Bertz CT molecular complexity index is 485. The van der Waals surface area contributed by atoms with E-state index < -0.39 is 21.9 Å². The van der Waals surface area contributed by atoms with Gasteiger partial charge >= 0.3 is 0 Å². The minimum atomic E-state index is -3.37. The highest BCUT2D eigenvalue weighted by Gasteiger charge is 2.14. The van der Waals surface area contributed by atoms with E-state index in [9.17, 15) is 17.9 Å². The van der Waals surface area contributed by atoms with Crippen molar-refractivity contribution in [1.82, 2.24) is 4.72 Å². The number of rotatable bonds is 7. The first kappa shape index (κ1) is 16.1. The molecule has 0 amide bonds. The van der Waals surface area contributed by atoms with Gasteiger partial charge in [0, 0.05) is 6.54 Å². The highest BCUT2D eigenvalue weighted by atomic mass is 32.2. The van der Waals surface area contributed by atoms with E-state index >= 15 is 0 Å². The van der Waals surface area contributed by atoms with Crippen LogP contribution in [-0.2, 0) is 10.0 Å². The van der Waals surface area contributed by atoms with Gasteiger partial charge in [-0.3, -0.25) is 0 Å². The molecule has 0 bridgehead atoms. The minimum absolute atomic E-state index is 0.0425. The standard InChI is InChI=1S/C13H20FNO3S/c1-10(2)7-8-19(17,18)15-9-13(16)11-3-5-12(14)6-4-11/h3-6,10,13,15-16H,7-9H2,1-2H3. The third kappa shape index (κ3) is 6.13. The highest BCUT2D eigenvalue weighted by Crippen LogP contribution is 2.13. The average Bonchev–Trinajstić information content (AvgIpc) is 2.35. The van der Waals surface area contributed by atoms with E-state index in [1.54, 1.807) is 0 Å². The highest BCUT2D eigenvalue weighted by molar-refractivity contribution is 7.89. The van der Waals surface area contributed by atoms with Crippen LogP contribution >= 0.6 is 0 Å². The van der Waals surface area contributed by atoms with Gasteiger partial charge in [0.25, 0.3) is 0 Å². The molecule has 1 aromatic rings. The molecule has 0 aliphatic rings. The van der Waals surface area contributed by atoms with Crippen molar-refractivity contribution >= 4 is 10.0 Å². The van der Waals surface area contributed by atoms with Crippen LogP contribution in [-0.4, -0.2) is 25.8 Å². The van der Waals surface area contributed by atoms with Crippen molar-refractivity contribution in [1.29, 1.82) is 0 Å². The van der Waals surface area contributed by atoms with E-state index in [1.807, 2.05) is 13.8 Å². The molecular weight excluding hydrogens is 269 g/mol. The van der Waals surface area contributed by atoms with Crippen molar-refractivity contribution in [3.63, 3.8) is 0 Å². The molecule has 0 aliphatic carbocycles. The van der Waals surface area contributed by atoms with Crippen molar-refractivity contribution in [2.75, 3.05) is 12.3 Å². The van der Waals surface area contributed by atoms with E-state index in [2.05, 4.69) is 4.72 Å². The van der Waals surface area contributed by atoms with Gasteiger partial charge in [0.1, 0.15) is 5.82 Å². The molecule has 1 atom stereocenters. The summed E-state index contributed by atoms with van der Waals surface area (Å²) in [4.78, 5) is 0. The van der Waals surface area contributed by atoms with Crippen LogP contribution in [0.5, 0.6) is 0 Å². The summed E-state index contributed by atoms with van der Waals surface area (Å²) in [6, 6.07) is 5.32. The number of hydrogen-bond donors (Lipinski definition) is 2. The molecule has 1 unspecified atom stereocenters. The normalized spacial score (nSPS) is 13.7. The van der Waals surface area contributed by atoms with Crippen LogP contribution in [0, 0.1) is 11.7 Å². The van der Waals surface area contributed by atoms with Crippen LogP contribution in [0.3, 0.4) is 0 Å². The fourth-order valence-electron chi connectivity index (χ4n) is 1.47. The molecular formula is C13H20FNO3S. The molecule has 0 fully saturated rings. The molecule has 1 aromatic carbocycles. The van der Waals surface area contributed by atoms with Gasteiger partial charge in [0.05, 0.1) is 11.9 Å². The van der Waals surface area contributed by atoms with E-state index in [0.717, 1.165) is 0 Å². The zero-order valence-electron chi connectivity index (χ0n) is 11.1. The van der Waals surface area contributed by atoms with E-state index in [4.69, 9.17) is 0 Å². The van der Waals surface area contributed by atoms with Crippen molar-refractivity contribution in [2.45, 2.75) is 26.4 Å². The van der Waals surface area contributed by atoms with Gasteiger partial charge in [0.15, 0.2) is 0 Å². The molecule has 0 spiro atoms. The molecule has 0 aromatic heterocycles. The SMILES string of the molecule is CC(C)CCS(=O)(=O)NCC(O)c1ccc(F)cc1. The number of halogens is 1. The van der Waals surface area contributed by atoms with Crippen molar-refractivity contribution in [3.8, 4) is 0 Å². The Kier molecular flexibility index (Phi) is 5.90. The summed E-state index contributed by atoms with van der Waals surface area (Å²) in [7, 11) is -3.37. The van der Waals surface area contributed by atoms with Crippen molar-refractivity contribution in [3.05, 3.63) is 35.6 Å². The second kappa shape index (κ2) is 6.98. The Morgan fingerprint density at radius 3 is 2.37 bits per heavy atom. The summed E-state index contributed by atoms with van der Waals surface area (Å²) in [6.07, 6.45) is -0.406. The number of aliphatic hydroxyl groups is 1. The number of nitrogens with one attached hydrogen (secondary N) is 1. The monoisotopic (exact) mass is 289 g/mol. The van der Waals surface area contributed by atoms with Gasteiger partial charge < -0.3 is 5.11 Å². The molecule has 0 heterocycles. The predicted octanol–water partition coefficient (Wildman–Crippen LogP) is 1.82. The van der Waals surface area contributed by atoms with Gasteiger partial charge in [-0.05, 0) is 30.0 Å². The quantitative estimate of drug-likeness (QED) is 0.804. The van der Waals surface area contributed by atoms with Gasteiger partial charge in [0.2, 0.25) is 10.0 Å². The maximum absolute atomic E-state index is 12.7. The van der Waals surface area contributed by atoms with Gasteiger partial charge in [-0.2, -0.15) is 0 Å². The van der Waals surface area contributed by atoms with Crippen LogP contribution in [0.1, 0.15) is 31.9 Å². The number of aliphatic hydroxyl groups excluding tert-OH is 1. The first-order valence-electron chi connectivity index (χ1n) is 6.21. The zero-order valence-corrected chi connectivity index (χ0v) is 12.0. The second-order valence-electron chi connectivity index (χ2n) is 4.92. The second-order valence-corrected chi connectivity index (χ2v) is 6.84. The number of sulfonamides is 1. The smallest absolute Gasteiger partial charge is 0.211 e. The molecule has 108 valence electrons. The van der Waals surface area contributed by atoms with Crippen LogP contribution in [0.4, 0.5) is 4.39 Å². The summed E-state index contributed by atoms with van der Waals surface area (Å²) in [6.45, 7) is 3.79. The third-order valence-corrected chi connectivity index (χ3v) is 4.09. The first-order valence-corrected chi connectivity index (χ1v) is 7.86. The number of hydrogen-bond acceptors (Lipinski definition) is 3. The lowest BCUT2D eigenvalue weighted by Gasteiger charge is -2.13. The lowest BCUT2D eigenvalue weighted by molar-refractivity contribution is 0.182. The van der Waals surface area contributed by atoms with Crippen LogP contribution in [0.2, 0.25) is 0 Å². The lowest BCUT2D eigenvalue weighted by Crippen LogP contribution is -2.31. The maximum Gasteiger partial charge on any atom is 0.211 e. The van der Waals surface area contributed by atoms with Gasteiger partial charge in [-0.25, -0.2) is 17.5 Å². The molecule has 6 heteroatoms. The predicted molar refractivity (Wildman–Crippen MR) is 72.6 cm³/mol. The molecule has 0 saturated heterocycles. The van der Waals surface area contributed by atoms with Gasteiger partial charge in [-0.15, -0.1) is 0 Å². The van der Waals surface area contributed by atoms with Crippen LogP contribution in [0.25, 0.3) is 0 Å². The number of benzene rings is 1. The average molecular weight is 289 g/mol. The van der Waals surface area contributed by atoms with Crippen LogP contribution in [0.15, 0.2) is 24.3 Å². The first-order chi connectivity index (χ1) is 8.80. The van der Waals surface area contributed by atoms with E-state index in [1.165, 1.54) is 24.3 Å². The maximum atomic E-state index is 12.7. The van der Waals surface area contributed by atoms with Crippen molar-refractivity contribution in [2.24, 2.45) is 5.92 Å².